The van der Waals surface area contributed by atoms with Crippen LogP contribution in [0.1, 0.15) is 19.3 Å². The van der Waals surface area contributed by atoms with Crippen molar-refractivity contribution in [3.63, 3.8) is 0 Å². The molecule has 0 bridgehead atoms. The average Bonchev–Trinajstić information content (AvgIpc) is 3.32. The molecule has 0 unspecified atom stereocenters. The largest absolute Gasteiger partial charge is 0.493 e. The SMILES string of the molecule is c1ccc2c(OCCCOc3cc(OCCCOc4c5ccccc5cc5ccccc45)cc(OCCCOc4c5ccccc5cc5ccccc45)c3)c3ccccc3cc2c1. The zero-order chi connectivity index (χ0) is 42.2. The van der Waals surface area contributed by atoms with E-state index >= 15 is 0 Å². The maximum Gasteiger partial charge on any atom is 0.134 e. The Morgan fingerprint density at radius 3 is 0.667 bits per heavy atom. The summed E-state index contributed by atoms with van der Waals surface area (Å²) in [5, 5.41) is 13.6. The molecule has 0 aromatic heterocycles. The predicted octanol–water partition coefficient (Wildman–Crippen LogP) is 14.1. The van der Waals surface area contributed by atoms with E-state index in [1.54, 1.807) is 0 Å². The van der Waals surface area contributed by atoms with Crippen LogP contribution in [0.4, 0.5) is 0 Å². The van der Waals surface area contributed by atoms with Crippen LogP contribution in [0.2, 0.25) is 0 Å². The third-order valence-corrected chi connectivity index (χ3v) is 11.4. The summed E-state index contributed by atoms with van der Waals surface area (Å²) in [7, 11) is 0. The third-order valence-electron chi connectivity index (χ3n) is 11.4. The van der Waals surface area contributed by atoms with E-state index in [4.69, 9.17) is 28.4 Å². The van der Waals surface area contributed by atoms with Crippen molar-refractivity contribution in [2.24, 2.45) is 0 Å². The molecule has 6 heteroatoms. The highest BCUT2D eigenvalue weighted by Crippen LogP contribution is 2.38. The molecule has 0 saturated heterocycles. The molecule has 0 radical (unpaired) electrons. The zero-order valence-electron chi connectivity index (χ0n) is 35.1. The van der Waals surface area contributed by atoms with Gasteiger partial charge in [0.15, 0.2) is 0 Å². The van der Waals surface area contributed by atoms with Gasteiger partial charge in [-0.1, -0.05) is 146 Å². The van der Waals surface area contributed by atoms with Crippen molar-refractivity contribution in [2.75, 3.05) is 39.6 Å². The van der Waals surface area contributed by atoms with Gasteiger partial charge in [0, 0.05) is 69.8 Å². The maximum atomic E-state index is 6.48. The summed E-state index contributed by atoms with van der Waals surface area (Å²) < 4.78 is 38.5. The van der Waals surface area contributed by atoms with Gasteiger partial charge in [-0.15, -0.1) is 0 Å². The second-order valence-electron chi connectivity index (χ2n) is 15.7. The fraction of sp³-hybridized carbons (Fsp3) is 0.158. The molecule has 0 N–H and O–H groups in total. The Morgan fingerprint density at radius 2 is 0.429 bits per heavy atom. The predicted molar refractivity (Wildman–Crippen MR) is 258 cm³/mol. The molecular formula is C57H48O6. The molecule has 0 aliphatic carbocycles. The molecule has 63 heavy (non-hydrogen) atoms. The van der Waals surface area contributed by atoms with Crippen LogP contribution in [0.5, 0.6) is 34.5 Å². The van der Waals surface area contributed by atoms with Crippen LogP contribution >= 0.6 is 0 Å². The van der Waals surface area contributed by atoms with Crippen LogP contribution in [0, 0.1) is 0 Å². The molecule has 0 saturated carbocycles. The molecule has 0 atom stereocenters. The zero-order valence-corrected chi connectivity index (χ0v) is 35.1. The van der Waals surface area contributed by atoms with E-state index < -0.39 is 0 Å². The van der Waals surface area contributed by atoms with Gasteiger partial charge in [-0.25, -0.2) is 0 Å². The Morgan fingerprint density at radius 1 is 0.222 bits per heavy atom. The van der Waals surface area contributed by atoms with Gasteiger partial charge in [0.2, 0.25) is 0 Å². The standard InChI is InChI=1S/C57H48O6/c1-7-22-49-40(16-1)34-41-17-2-8-23-50(41)55(49)61-31-13-28-58-46-37-47(59-29-14-32-62-56-51-24-9-3-18-42(51)35-43-19-4-10-25-52(43)56)39-48(38-46)60-30-15-33-63-57-53-26-11-5-20-44(53)36-45-21-6-12-27-54(45)57/h1-12,16-27,34-39H,13-15,28-33H2. The van der Waals surface area contributed by atoms with Gasteiger partial charge in [-0.05, 0) is 50.5 Å². The fourth-order valence-corrected chi connectivity index (χ4v) is 8.45. The van der Waals surface area contributed by atoms with Gasteiger partial charge in [0.1, 0.15) is 34.5 Å². The van der Waals surface area contributed by atoms with Gasteiger partial charge < -0.3 is 28.4 Å². The number of hydrogen-bond donors (Lipinski definition) is 0. The van der Waals surface area contributed by atoms with Crippen LogP contribution in [-0.4, -0.2) is 39.6 Å². The highest BCUT2D eigenvalue weighted by atomic mass is 16.5. The Labute approximate surface area is 367 Å². The number of ether oxygens (including phenoxy) is 6. The van der Waals surface area contributed by atoms with E-state index in [2.05, 4.69) is 164 Å². The molecule has 0 aliphatic rings. The minimum atomic E-state index is 0.464. The molecular weight excluding hydrogens is 781 g/mol. The molecule has 312 valence electrons. The second kappa shape index (κ2) is 18.7. The van der Waals surface area contributed by atoms with E-state index in [0.717, 1.165) is 81.9 Å². The summed E-state index contributed by atoms with van der Waals surface area (Å²) in [5.74, 6) is 4.75. The Kier molecular flexibility index (Phi) is 11.8. The highest BCUT2D eigenvalue weighted by molar-refractivity contribution is 6.07. The van der Waals surface area contributed by atoms with Crippen molar-refractivity contribution in [1.82, 2.24) is 0 Å². The van der Waals surface area contributed by atoms with Crippen molar-refractivity contribution < 1.29 is 28.4 Å². The molecule has 0 amide bonds. The van der Waals surface area contributed by atoms with Crippen molar-refractivity contribution in [3.8, 4) is 34.5 Å². The van der Waals surface area contributed by atoms with Crippen molar-refractivity contribution in [3.05, 3.63) is 182 Å². The van der Waals surface area contributed by atoms with Gasteiger partial charge in [-0.2, -0.15) is 0 Å². The van der Waals surface area contributed by atoms with Gasteiger partial charge in [0.05, 0.1) is 39.6 Å². The lowest BCUT2D eigenvalue weighted by Crippen LogP contribution is -2.08. The van der Waals surface area contributed by atoms with Crippen molar-refractivity contribution in [2.45, 2.75) is 19.3 Å². The van der Waals surface area contributed by atoms with Crippen LogP contribution in [0.3, 0.4) is 0 Å². The molecule has 0 spiro atoms. The first-order valence-corrected chi connectivity index (χ1v) is 21.9. The van der Waals surface area contributed by atoms with Gasteiger partial charge in [0.25, 0.3) is 0 Å². The quantitative estimate of drug-likeness (QED) is 0.0634. The number of fused-ring (bicyclic) bond motifs is 6. The molecule has 0 heterocycles. The second-order valence-corrected chi connectivity index (χ2v) is 15.7. The summed E-state index contributed by atoms with van der Waals surface area (Å²) in [6.07, 6.45) is 2.08. The molecule has 6 nitrogen and oxygen atoms in total. The first-order valence-electron chi connectivity index (χ1n) is 21.9. The average molecular weight is 829 g/mol. The summed E-state index contributed by atoms with van der Waals surface area (Å²) in [6.45, 7) is 2.92. The fourth-order valence-electron chi connectivity index (χ4n) is 8.45. The maximum absolute atomic E-state index is 6.48. The number of benzene rings is 10. The molecule has 10 rings (SSSR count). The Hall–Kier alpha value is -7.44. The molecule has 10 aromatic rings. The van der Waals surface area contributed by atoms with E-state index in [9.17, 15) is 0 Å². The number of hydrogen-bond acceptors (Lipinski definition) is 6. The monoisotopic (exact) mass is 828 g/mol. The minimum Gasteiger partial charge on any atom is -0.493 e. The molecule has 10 aromatic carbocycles. The van der Waals surface area contributed by atoms with Crippen LogP contribution in [0.15, 0.2) is 182 Å². The lowest BCUT2D eigenvalue weighted by atomic mass is 10.0. The topological polar surface area (TPSA) is 55.4 Å². The summed E-state index contributed by atoms with van der Waals surface area (Å²) >= 11 is 0. The van der Waals surface area contributed by atoms with E-state index in [-0.39, 0.29) is 0 Å². The van der Waals surface area contributed by atoms with Gasteiger partial charge in [-0.3, -0.25) is 0 Å². The van der Waals surface area contributed by atoms with Crippen molar-refractivity contribution >= 4 is 64.6 Å². The first-order chi connectivity index (χ1) is 31.2. The highest BCUT2D eigenvalue weighted by Gasteiger charge is 2.13. The van der Waals surface area contributed by atoms with Crippen LogP contribution < -0.4 is 28.4 Å². The molecule has 0 aliphatic heterocycles. The first kappa shape index (κ1) is 39.7. The molecule has 0 fully saturated rings. The summed E-state index contributed by atoms with van der Waals surface area (Å²) in [5.41, 5.74) is 0. The van der Waals surface area contributed by atoms with Crippen LogP contribution in [-0.2, 0) is 0 Å². The Balaban J connectivity index is 0.794. The van der Waals surface area contributed by atoms with E-state index in [1.165, 1.54) is 0 Å². The van der Waals surface area contributed by atoms with E-state index in [0.29, 0.717) is 76.2 Å². The third kappa shape index (κ3) is 8.84. The van der Waals surface area contributed by atoms with Crippen molar-refractivity contribution in [1.29, 1.82) is 0 Å². The summed E-state index contributed by atoms with van der Waals surface area (Å²) in [6, 6.07) is 62.7. The smallest absolute Gasteiger partial charge is 0.134 e. The lowest BCUT2D eigenvalue weighted by molar-refractivity contribution is 0.235. The van der Waals surface area contributed by atoms with E-state index in [1.807, 2.05) is 18.2 Å². The number of rotatable bonds is 18. The van der Waals surface area contributed by atoms with Gasteiger partial charge >= 0.3 is 0 Å². The normalized spacial score (nSPS) is 11.4. The Bertz CT molecular complexity index is 2680. The minimum absolute atomic E-state index is 0.464. The summed E-state index contributed by atoms with van der Waals surface area (Å²) in [4.78, 5) is 0. The van der Waals surface area contributed by atoms with Crippen LogP contribution in [0.25, 0.3) is 64.6 Å². The lowest BCUT2D eigenvalue weighted by Gasteiger charge is -2.16.